The molecular weight excluding hydrogens is 374 g/mol. The van der Waals surface area contributed by atoms with E-state index in [4.69, 9.17) is 9.47 Å². The van der Waals surface area contributed by atoms with Crippen LogP contribution in [0.1, 0.15) is 58.3 Å². The van der Waals surface area contributed by atoms with Gasteiger partial charge in [0.25, 0.3) is 0 Å². The second-order valence-electron chi connectivity index (χ2n) is 6.71. The fraction of sp³-hybridized carbons (Fsp3) is 0.455. The van der Waals surface area contributed by atoms with E-state index in [2.05, 4.69) is 12.2 Å². The van der Waals surface area contributed by atoms with Crippen LogP contribution in [0.3, 0.4) is 0 Å². The third kappa shape index (κ3) is 6.37. The lowest BCUT2D eigenvalue weighted by atomic mass is 10.1. The first kappa shape index (κ1) is 22.0. The van der Waals surface area contributed by atoms with Gasteiger partial charge in [-0.2, -0.15) is 0 Å². The average molecular weight is 404 g/mol. The van der Waals surface area contributed by atoms with Crippen LogP contribution in [-0.4, -0.2) is 25.4 Å². The van der Waals surface area contributed by atoms with Gasteiger partial charge < -0.3 is 14.8 Å². The van der Waals surface area contributed by atoms with Crippen LogP contribution in [0.5, 0.6) is 11.5 Å². The molecule has 0 spiro atoms. The van der Waals surface area contributed by atoms with Gasteiger partial charge in [0.15, 0.2) is 17.3 Å². The molecule has 2 rings (SSSR count). The van der Waals surface area contributed by atoms with Crippen LogP contribution in [0, 0.1) is 13.8 Å². The molecule has 1 aromatic carbocycles. The van der Waals surface area contributed by atoms with Gasteiger partial charge in [0.1, 0.15) is 0 Å². The van der Waals surface area contributed by atoms with Gasteiger partial charge in [-0.3, -0.25) is 9.59 Å². The van der Waals surface area contributed by atoms with Crippen LogP contribution in [-0.2, 0) is 11.3 Å². The summed E-state index contributed by atoms with van der Waals surface area (Å²) in [7, 11) is 1.60. The lowest BCUT2D eigenvalue weighted by Gasteiger charge is -2.12. The number of ether oxygens (including phenoxy) is 2. The summed E-state index contributed by atoms with van der Waals surface area (Å²) in [6.07, 6.45) is 2.46. The zero-order valence-electron chi connectivity index (χ0n) is 17.1. The van der Waals surface area contributed by atoms with Crippen molar-refractivity contribution in [3.63, 3.8) is 0 Å². The van der Waals surface area contributed by atoms with Crippen LogP contribution in [0.15, 0.2) is 24.3 Å². The number of methoxy groups -OCH3 is 1. The Morgan fingerprint density at radius 3 is 2.54 bits per heavy atom. The van der Waals surface area contributed by atoms with Gasteiger partial charge in [-0.15, -0.1) is 11.3 Å². The molecule has 0 saturated heterocycles. The maximum Gasteiger partial charge on any atom is 0.220 e. The number of carbonyl (C=O) groups is 2. The molecule has 0 aliphatic rings. The van der Waals surface area contributed by atoms with E-state index in [-0.39, 0.29) is 24.5 Å². The summed E-state index contributed by atoms with van der Waals surface area (Å²) in [6.45, 7) is 7.07. The van der Waals surface area contributed by atoms with Crippen LogP contribution in [0.4, 0.5) is 0 Å². The summed E-state index contributed by atoms with van der Waals surface area (Å²) in [6, 6.07) is 7.54. The first-order valence-corrected chi connectivity index (χ1v) is 10.4. The number of hydrogen-bond donors (Lipinski definition) is 1. The molecule has 0 bridgehead atoms. The molecule has 1 aromatic heterocycles. The Bertz CT molecular complexity index is 813. The number of rotatable bonds is 11. The van der Waals surface area contributed by atoms with E-state index in [0.717, 1.165) is 33.7 Å². The zero-order valence-corrected chi connectivity index (χ0v) is 17.9. The van der Waals surface area contributed by atoms with Gasteiger partial charge in [-0.25, -0.2) is 0 Å². The minimum atomic E-state index is -0.139. The number of thiophene rings is 1. The first-order chi connectivity index (χ1) is 13.4. The highest BCUT2D eigenvalue weighted by Gasteiger charge is 2.14. The smallest absolute Gasteiger partial charge is 0.220 e. The number of carbonyl (C=O) groups excluding carboxylic acids is 2. The Morgan fingerprint density at radius 1 is 1.11 bits per heavy atom. The van der Waals surface area contributed by atoms with Crippen molar-refractivity contribution in [2.75, 3.05) is 13.7 Å². The Morgan fingerprint density at radius 2 is 1.89 bits per heavy atom. The maximum atomic E-state index is 12.3. The zero-order chi connectivity index (χ0) is 20.5. The van der Waals surface area contributed by atoms with E-state index in [1.165, 1.54) is 0 Å². The second kappa shape index (κ2) is 10.9. The van der Waals surface area contributed by atoms with E-state index < -0.39 is 0 Å². The van der Waals surface area contributed by atoms with Crippen molar-refractivity contribution in [1.82, 2.24) is 5.32 Å². The molecule has 1 amide bonds. The van der Waals surface area contributed by atoms with Gasteiger partial charge in [0, 0.05) is 34.7 Å². The second-order valence-corrected chi connectivity index (χ2v) is 8.17. The molecule has 152 valence electrons. The van der Waals surface area contributed by atoms with Crippen molar-refractivity contribution in [2.45, 2.75) is 53.0 Å². The molecule has 5 nitrogen and oxygen atoms in total. The summed E-state index contributed by atoms with van der Waals surface area (Å²) in [5.74, 6) is 1.24. The molecule has 0 atom stereocenters. The van der Waals surface area contributed by atoms with Crippen molar-refractivity contribution in [2.24, 2.45) is 0 Å². The van der Waals surface area contributed by atoms with Gasteiger partial charge in [0.05, 0.1) is 13.7 Å². The van der Waals surface area contributed by atoms with Crippen LogP contribution >= 0.6 is 11.3 Å². The molecule has 0 saturated carbocycles. The lowest BCUT2D eigenvalue weighted by molar-refractivity contribution is -0.121. The van der Waals surface area contributed by atoms with E-state index in [9.17, 15) is 9.59 Å². The number of aryl methyl sites for hydroxylation is 2. The van der Waals surface area contributed by atoms with Crippen molar-refractivity contribution in [1.29, 1.82) is 0 Å². The molecule has 1 N–H and O–H groups in total. The predicted octanol–water partition coefficient (Wildman–Crippen LogP) is 4.83. The minimum absolute atomic E-state index is 0.0206. The van der Waals surface area contributed by atoms with Gasteiger partial charge >= 0.3 is 0 Å². The van der Waals surface area contributed by atoms with E-state index in [1.54, 1.807) is 18.4 Å². The Labute approximate surface area is 171 Å². The van der Waals surface area contributed by atoms with Crippen molar-refractivity contribution >= 4 is 23.0 Å². The molecule has 0 fully saturated rings. The number of nitrogens with one attached hydrogen (secondary N) is 1. The third-order valence-corrected chi connectivity index (χ3v) is 5.36. The maximum absolute atomic E-state index is 12.3. The molecule has 0 unspecified atom stereocenters. The molecular formula is C22H29NO4S. The van der Waals surface area contributed by atoms with Gasteiger partial charge in [-0.1, -0.05) is 19.4 Å². The summed E-state index contributed by atoms with van der Waals surface area (Å²) in [5, 5.41) is 2.86. The molecule has 2 aromatic rings. The molecule has 0 aliphatic heterocycles. The number of ketones is 1. The van der Waals surface area contributed by atoms with E-state index in [0.29, 0.717) is 24.7 Å². The fourth-order valence-corrected chi connectivity index (χ4v) is 3.77. The lowest BCUT2D eigenvalue weighted by Crippen LogP contribution is -2.23. The van der Waals surface area contributed by atoms with Crippen LogP contribution in [0.2, 0.25) is 0 Å². The third-order valence-electron chi connectivity index (χ3n) is 4.39. The summed E-state index contributed by atoms with van der Waals surface area (Å²) >= 11 is 1.61. The average Bonchev–Trinajstić information content (AvgIpc) is 3.03. The number of hydrogen-bond acceptors (Lipinski definition) is 5. The summed E-state index contributed by atoms with van der Waals surface area (Å²) in [5.41, 5.74) is 1.65. The highest BCUT2D eigenvalue weighted by molar-refractivity contribution is 7.12. The summed E-state index contributed by atoms with van der Waals surface area (Å²) < 4.78 is 11.1. The topological polar surface area (TPSA) is 64.6 Å². The van der Waals surface area contributed by atoms with Gasteiger partial charge in [0.2, 0.25) is 5.91 Å². The Balaban J connectivity index is 1.83. The molecule has 28 heavy (non-hydrogen) atoms. The molecule has 6 heteroatoms. The fourth-order valence-electron chi connectivity index (χ4n) is 2.83. The monoisotopic (exact) mass is 403 g/mol. The molecule has 0 radical (unpaired) electrons. The first-order valence-electron chi connectivity index (χ1n) is 9.61. The Kier molecular flexibility index (Phi) is 8.51. The predicted molar refractivity (Wildman–Crippen MR) is 113 cm³/mol. The van der Waals surface area contributed by atoms with Gasteiger partial charge in [-0.05, 0) is 44.0 Å². The largest absolute Gasteiger partial charge is 0.493 e. The highest BCUT2D eigenvalue weighted by atomic mass is 32.1. The van der Waals surface area contributed by atoms with Crippen LogP contribution in [0.25, 0.3) is 0 Å². The molecule has 0 aliphatic carbocycles. The number of benzene rings is 1. The number of amides is 1. The van der Waals surface area contributed by atoms with E-state index in [1.807, 2.05) is 38.1 Å². The normalized spacial score (nSPS) is 10.6. The quantitative estimate of drug-likeness (QED) is 0.431. The van der Waals surface area contributed by atoms with Crippen molar-refractivity contribution < 1.29 is 19.1 Å². The SMILES string of the molecule is CCCCOc1ccc(CNC(=O)CCC(=O)c2cc(C)sc2C)cc1OC. The molecule has 1 heterocycles. The van der Waals surface area contributed by atoms with Crippen molar-refractivity contribution in [3.05, 3.63) is 45.1 Å². The van der Waals surface area contributed by atoms with E-state index >= 15 is 0 Å². The number of unbranched alkanes of at least 4 members (excludes halogenated alkanes) is 1. The Hall–Kier alpha value is -2.34. The van der Waals surface area contributed by atoms with Crippen LogP contribution < -0.4 is 14.8 Å². The van der Waals surface area contributed by atoms with Crippen molar-refractivity contribution in [3.8, 4) is 11.5 Å². The highest BCUT2D eigenvalue weighted by Crippen LogP contribution is 2.28. The summed E-state index contributed by atoms with van der Waals surface area (Å²) in [4.78, 5) is 26.5. The standard InChI is InChI=1S/C22H29NO4S/c1-5-6-11-27-20-9-7-17(13-21(20)26-4)14-23-22(25)10-8-19(24)18-12-15(2)28-16(18)3/h7,9,12-13H,5-6,8,10-11,14H2,1-4H3,(H,23,25). The minimum Gasteiger partial charge on any atom is -0.493 e. The number of Topliss-reactive ketones (excluding diaryl/α,β-unsaturated/α-hetero) is 1.